The molecule has 0 aromatic heterocycles. The molecule has 0 radical (unpaired) electrons. The number of aliphatic hydroxyl groups is 2. The molecule has 0 saturated carbocycles. The topological polar surface area (TPSA) is 60.8 Å². The van der Waals surface area contributed by atoms with Gasteiger partial charge in [-0.15, -0.1) is 0 Å². The lowest BCUT2D eigenvalue weighted by atomic mass is 10.1. The molecule has 5 heteroatoms. The predicted molar refractivity (Wildman–Crippen MR) is 71.1 cm³/mol. The first kappa shape index (κ1) is 13.5. The van der Waals surface area contributed by atoms with E-state index in [1.165, 1.54) is 4.90 Å². The number of halogens is 1. The minimum Gasteiger partial charge on any atom is -0.388 e. The number of nitrogens with zero attached hydrogens (tertiary/aromatic N) is 1. The van der Waals surface area contributed by atoms with Gasteiger partial charge in [0.2, 0.25) is 5.91 Å². The quantitative estimate of drug-likeness (QED) is 0.873. The second kappa shape index (κ2) is 5.82. The van der Waals surface area contributed by atoms with Crippen molar-refractivity contribution in [1.29, 1.82) is 0 Å². The van der Waals surface area contributed by atoms with E-state index >= 15 is 0 Å². The smallest absolute Gasteiger partial charge is 0.223 e. The number of rotatable bonds is 3. The molecule has 1 fully saturated rings. The number of amides is 1. The van der Waals surface area contributed by atoms with Crippen molar-refractivity contribution in [2.45, 2.75) is 25.0 Å². The Hall–Kier alpha value is -0.910. The van der Waals surface area contributed by atoms with Crippen LogP contribution < -0.4 is 0 Å². The van der Waals surface area contributed by atoms with Gasteiger partial charge in [-0.1, -0.05) is 28.1 Å². The summed E-state index contributed by atoms with van der Waals surface area (Å²) in [6.07, 6.45) is -0.545. The first-order valence-corrected chi connectivity index (χ1v) is 6.74. The number of carbonyl (C=O) groups excluding carboxylic acids is 1. The molecule has 2 rings (SSSR count). The summed E-state index contributed by atoms with van der Waals surface area (Å²) in [6.45, 7) is 0.469. The molecule has 4 nitrogen and oxygen atoms in total. The number of carbonyl (C=O) groups is 1. The molecule has 0 bridgehead atoms. The molecular weight excluding hydrogens is 298 g/mol. The molecule has 18 heavy (non-hydrogen) atoms. The van der Waals surface area contributed by atoms with Crippen LogP contribution in [0.5, 0.6) is 0 Å². The van der Waals surface area contributed by atoms with Crippen LogP contribution >= 0.6 is 15.9 Å². The highest BCUT2D eigenvalue weighted by Gasteiger charge is 2.31. The molecule has 0 aliphatic carbocycles. The lowest BCUT2D eigenvalue weighted by Gasteiger charge is -2.15. The van der Waals surface area contributed by atoms with Gasteiger partial charge >= 0.3 is 0 Å². The third-order valence-corrected chi connectivity index (χ3v) is 3.62. The predicted octanol–water partition coefficient (Wildman–Crippen LogP) is 0.946. The van der Waals surface area contributed by atoms with Gasteiger partial charge in [-0.3, -0.25) is 4.79 Å². The van der Waals surface area contributed by atoms with Crippen LogP contribution in [-0.4, -0.2) is 46.3 Å². The fourth-order valence-corrected chi connectivity index (χ4v) is 2.52. The monoisotopic (exact) mass is 313 g/mol. The van der Waals surface area contributed by atoms with Crippen LogP contribution in [0, 0.1) is 0 Å². The maximum atomic E-state index is 11.9. The van der Waals surface area contributed by atoms with Crippen molar-refractivity contribution in [1.82, 2.24) is 4.90 Å². The standard InChI is InChI=1S/C13H16BrNO3/c14-10-3-1-2-9(6-10)4-5-13(18)15-7-11(16)12(17)8-15/h1-3,6,11-12,16-17H,4-5,7-8H2/t11-,12+. The summed E-state index contributed by atoms with van der Waals surface area (Å²) < 4.78 is 1.000. The van der Waals surface area contributed by atoms with Gasteiger partial charge in [0.1, 0.15) is 0 Å². The van der Waals surface area contributed by atoms with E-state index in [0.29, 0.717) is 12.8 Å². The Labute approximate surface area is 114 Å². The van der Waals surface area contributed by atoms with Crippen molar-refractivity contribution in [3.8, 4) is 0 Å². The molecule has 1 aromatic rings. The number of hydrogen-bond donors (Lipinski definition) is 2. The van der Waals surface area contributed by atoms with Gasteiger partial charge in [0.25, 0.3) is 0 Å². The SMILES string of the molecule is O=C(CCc1cccc(Br)c1)N1C[C@@H](O)[C@@H](O)C1. The van der Waals surface area contributed by atoms with Crippen molar-refractivity contribution < 1.29 is 15.0 Å². The van der Waals surface area contributed by atoms with Crippen LogP contribution in [0.25, 0.3) is 0 Å². The fraction of sp³-hybridized carbons (Fsp3) is 0.462. The Balaban J connectivity index is 1.85. The molecule has 1 aromatic carbocycles. The Morgan fingerprint density at radius 3 is 2.61 bits per heavy atom. The lowest BCUT2D eigenvalue weighted by molar-refractivity contribution is -0.130. The van der Waals surface area contributed by atoms with E-state index in [-0.39, 0.29) is 19.0 Å². The number of hydrogen-bond acceptors (Lipinski definition) is 3. The molecule has 1 aliphatic heterocycles. The molecule has 2 N–H and O–H groups in total. The Kier molecular flexibility index (Phi) is 4.37. The summed E-state index contributed by atoms with van der Waals surface area (Å²) in [5.74, 6) is -0.0226. The number of β-amino-alcohol motifs (C(OH)–C–C–N with tert-alkyl or cyclic N) is 2. The zero-order valence-electron chi connectivity index (χ0n) is 9.92. The van der Waals surface area contributed by atoms with E-state index in [1.807, 2.05) is 24.3 Å². The van der Waals surface area contributed by atoms with E-state index in [4.69, 9.17) is 0 Å². The highest BCUT2D eigenvalue weighted by molar-refractivity contribution is 9.10. The highest BCUT2D eigenvalue weighted by Crippen LogP contribution is 2.15. The van der Waals surface area contributed by atoms with Gasteiger partial charge in [-0.25, -0.2) is 0 Å². The molecule has 1 heterocycles. The van der Waals surface area contributed by atoms with Crippen LogP contribution in [0.4, 0.5) is 0 Å². The zero-order valence-corrected chi connectivity index (χ0v) is 11.5. The van der Waals surface area contributed by atoms with Gasteiger partial charge in [0, 0.05) is 24.0 Å². The fourth-order valence-electron chi connectivity index (χ4n) is 2.07. The third-order valence-electron chi connectivity index (χ3n) is 3.13. The molecule has 1 amide bonds. The third kappa shape index (κ3) is 3.31. The maximum Gasteiger partial charge on any atom is 0.223 e. The summed E-state index contributed by atoms with van der Waals surface area (Å²) >= 11 is 3.39. The van der Waals surface area contributed by atoms with E-state index in [9.17, 15) is 15.0 Å². The lowest BCUT2D eigenvalue weighted by Crippen LogP contribution is -2.29. The van der Waals surface area contributed by atoms with E-state index in [2.05, 4.69) is 15.9 Å². The van der Waals surface area contributed by atoms with E-state index in [0.717, 1.165) is 10.0 Å². The number of aliphatic hydroxyl groups excluding tert-OH is 2. The van der Waals surface area contributed by atoms with Crippen molar-refractivity contribution in [2.24, 2.45) is 0 Å². The molecule has 2 atom stereocenters. The Morgan fingerprint density at radius 1 is 1.33 bits per heavy atom. The first-order valence-electron chi connectivity index (χ1n) is 5.94. The second-order valence-electron chi connectivity index (χ2n) is 4.56. The molecule has 0 spiro atoms. The van der Waals surface area contributed by atoms with Gasteiger partial charge in [0.05, 0.1) is 12.2 Å². The maximum absolute atomic E-state index is 11.9. The summed E-state index contributed by atoms with van der Waals surface area (Å²) in [5, 5.41) is 18.8. The highest BCUT2D eigenvalue weighted by atomic mass is 79.9. The van der Waals surface area contributed by atoms with Gasteiger partial charge in [-0.2, -0.15) is 0 Å². The average molecular weight is 314 g/mol. The Bertz CT molecular complexity index is 428. The minimum atomic E-state index is -0.806. The van der Waals surface area contributed by atoms with Crippen molar-refractivity contribution in [2.75, 3.05) is 13.1 Å². The second-order valence-corrected chi connectivity index (χ2v) is 5.48. The van der Waals surface area contributed by atoms with Crippen LogP contribution in [0.15, 0.2) is 28.7 Å². The molecular formula is C13H16BrNO3. The summed E-state index contributed by atoms with van der Waals surface area (Å²) in [6, 6.07) is 7.85. The van der Waals surface area contributed by atoms with Gasteiger partial charge < -0.3 is 15.1 Å². The number of likely N-dealkylation sites (tertiary alicyclic amines) is 1. The number of aryl methyl sites for hydroxylation is 1. The van der Waals surface area contributed by atoms with Crippen molar-refractivity contribution >= 4 is 21.8 Å². The molecule has 0 unspecified atom stereocenters. The van der Waals surface area contributed by atoms with E-state index in [1.54, 1.807) is 0 Å². The van der Waals surface area contributed by atoms with Crippen LogP contribution in [-0.2, 0) is 11.2 Å². The summed E-state index contributed by atoms with van der Waals surface area (Å²) in [5.41, 5.74) is 1.10. The summed E-state index contributed by atoms with van der Waals surface area (Å²) in [7, 11) is 0. The Morgan fingerprint density at radius 2 is 2.00 bits per heavy atom. The van der Waals surface area contributed by atoms with Crippen molar-refractivity contribution in [3.63, 3.8) is 0 Å². The molecule has 1 aliphatic rings. The minimum absolute atomic E-state index is 0.0226. The normalized spacial score (nSPS) is 23.4. The van der Waals surface area contributed by atoms with Crippen LogP contribution in [0.2, 0.25) is 0 Å². The van der Waals surface area contributed by atoms with Gasteiger partial charge in [0.15, 0.2) is 0 Å². The number of benzene rings is 1. The molecule has 98 valence electrons. The molecule has 1 saturated heterocycles. The summed E-state index contributed by atoms with van der Waals surface area (Å²) in [4.78, 5) is 13.4. The average Bonchev–Trinajstić information content (AvgIpc) is 2.67. The van der Waals surface area contributed by atoms with Crippen LogP contribution in [0.3, 0.4) is 0 Å². The zero-order chi connectivity index (χ0) is 13.1. The van der Waals surface area contributed by atoms with Gasteiger partial charge in [-0.05, 0) is 24.1 Å². The van der Waals surface area contributed by atoms with Crippen LogP contribution in [0.1, 0.15) is 12.0 Å². The first-order chi connectivity index (χ1) is 8.56. The largest absolute Gasteiger partial charge is 0.388 e. The van der Waals surface area contributed by atoms with Crippen molar-refractivity contribution in [3.05, 3.63) is 34.3 Å². The van der Waals surface area contributed by atoms with E-state index < -0.39 is 12.2 Å².